The van der Waals surface area contributed by atoms with Crippen molar-refractivity contribution in [2.75, 3.05) is 13.2 Å². The average molecular weight is 335 g/mol. The Balaban J connectivity index is 2.08. The van der Waals surface area contributed by atoms with Crippen molar-refractivity contribution in [2.45, 2.75) is 32.4 Å². The van der Waals surface area contributed by atoms with Crippen molar-refractivity contribution in [2.24, 2.45) is 0 Å². The Morgan fingerprint density at radius 3 is 2.91 bits per heavy atom. The number of aryl methyl sites for hydroxylation is 1. The summed E-state index contributed by atoms with van der Waals surface area (Å²) in [5.41, 5.74) is 0.181. The highest BCUT2D eigenvalue weighted by atomic mass is 35.5. The standard InChI is InChI=1S/C17H19ClN2O3/c1-3-20-9-13(16(22)19-17(2)6-7-23-10-17)15(21)12-8-11(18)4-5-14(12)20/h4-5,8-9H,3,6-7,10H2,1-2H3,(H,19,22)/t17-/m1/s1. The number of hydrogen-bond donors (Lipinski definition) is 1. The van der Waals surface area contributed by atoms with Gasteiger partial charge in [-0.1, -0.05) is 11.6 Å². The molecule has 1 fully saturated rings. The van der Waals surface area contributed by atoms with Crippen LogP contribution in [0.4, 0.5) is 0 Å². The summed E-state index contributed by atoms with van der Waals surface area (Å²) in [5.74, 6) is -0.368. The lowest BCUT2D eigenvalue weighted by molar-refractivity contribution is 0.0888. The molecule has 1 aliphatic rings. The van der Waals surface area contributed by atoms with Crippen LogP contribution in [-0.4, -0.2) is 29.2 Å². The lowest BCUT2D eigenvalue weighted by atomic mass is 10.0. The molecule has 1 amide bonds. The second-order valence-corrected chi connectivity index (χ2v) is 6.57. The molecule has 0 aliphatic carbocycles. The van der Waals surface area contributed by atoms with Gasteiger partial charge in [-0.2, -0.15) is 0 Å². The molecule has 1 aromatic carbocycles. The van der Waals surface area contributed by atoms with Gasteiger partial charge in [-0.3, -0.25) is 9.59 Å². The minimum Gasteiger partial charge on any atom is -0.379 e. The zero-order valence-corrected chi connectivity index (χ0v) is 13.9. The quantitative estimate of drug-likeness (QED) is 0.938. The predicted octanol–water partition coefficient (Wildman–Crippen LogP) is 2.58. The fourth-order valence-corrected chi connectivity index (χ4v) is 3.07. The van der Waals surface area contributed by atoms with Gasteiger partial charge in [0.2, 0.25) is 5.43 Å². The van der Waals surface area contributed by atoms with E-state index in [9.17, 15) is 9.59 Å². The molecule has 1 aromatic heterocycles. The van der Waals surface area contributed by atoms with Crippen molar-refractivity contribution in [3.05, 3.63) is 45.2 Å². The Morgan fingerprint density at radius 1 is 1.48 bits per heavy atom. The third kappa shape index (κ3) is 2.99. The number of hydrogen-bond acceptors (Lipinski definition) is 3. The molecule has 3 rings (SSSR count). The van der Waals surface area contributed by atoms with E-state index in [2.05, 4.69) is 5.32 Å². The highest BCUT2D eigenvalue weighted by Gasteiger charge is 2.32. The minimum absolute atomic E-state index is 0.134. The summed E-state index contributed by atoms with van der Waals surface area (Å²) in [6.45, 7) is 5.61. The van der Waals surface area contributed by atoms with Crippen LogP contribution in [0.5, 0.6) is 0 Å². The van der Waals surface area contributed by atoms with Crippen molar-refractivity contribution in [3.8, 4) is 0 Å². The first kappa shape index (κ1) is 16.0. The van der Waals surface area contributed by atoms with Gasteiger partial charge >= 0.3 is 0 Å². The van der Waals surface area contributed by atoms with Crippen molar-refractivity contribution in [1.29, 1.82) is 0 Å². The molecule has 5 nitrogen and oxygen atoms in total. The number of aromatic nitrogens is 1. The van der Waals surface area contributed by atoms with Gasteiger partial charge in [0.25, 0.3) is 5.91 Å². The van der Waals surface area contributed by atoms with Gasteiger partial charge in [0.1, 0.15) is 5.56 Å². The van der Waals surface area contributed by atoms with Crippen molar-refractivity contribution >= 4 is 28.4 Å². The number of fused-ring (bicyclic) bond motifs is 1. The number of nitrogens with zero attached hydrogens (tertiary/aromatic N) is 1. The van der Waals surface area contributed by atoms with Gasteiger partial charge in [0, 0.05) is 29.8 Å². The van der Waals surface area contributed by atoms with E-state index >= 15 is 0 Å². The third-order valence-electron chi connectivity index (χ3n) is 4.26. The van der Waals surface area contributed by atoms with Gasteiger partial charge < -0.3 is 14.6 Å². The predicted molar refractivity (Wildman–Crippen MR) is 90.2 cm³/mol. The van der Waals surface area contributed by atoms with Crippen LogP contribution in [0.2, 0.25) is 5.02 Å². The van der Waals surface area contributed by atoms with Gasteiger partial charge in [-0.25, -0.2) is 0 Å². The van der Waals surface area contributed by atoms with Crippen LogP contribution >= 0.6 is 11.6 Å². The maximum atomic E-state index is 12.7. The second-order valence-electron chi connectivity index (χ2n) is 6.14. The van der Waals surface area contributed by atoms with E-state index in [1.54, 1.807) is 24.4 Å². The number of ether oxygens (including phenoxy) is 1. The molecule has 1 atom stereocenters. The number of amides is 1. The number of benzene rings is 1. The van der Waals surface area contributed by atoms with E-state index in [1.165, 1.54) is 0 Å². The maximum Gasteiger partial charge on any atom is 0.257 e. The fraction of sp³-hybridized carbons (Fsp3) is 0.412. The fourth-order valence-electron chi connectivity index (χ4n) is 2.90. The summed E-state index contributed by atoms with van der Waals surface area (Å²) in [5, 5.41) is 3.87. The average Bonchev–Trinajstić information content (AvgIpc) is 2.94. The van der Waals surface area contributed by atoms with Crippen LogP contribution in [0.3, 0.4) is 0 Å². The van der Waals surface area contributed by atoms with Crippen LogP contribution in [0.25, 0.3) is 10.9 Å². The highest BCUT2D eigenvalue weighted by molar-refractivity contribution is 6.31. The Hall–Kier alpha value is -1.85. The molecule has 0 unspecified atom stereocenters. The van der Waals surface area contributed by atoms with E-state index in [0.717, 1.165) is 11.9 Å². The highest BCUT2D eigenvalue weighted by Crippen LogP contribution is 2.20. The molecule has 1 aliphatic heterocycles. The number of pyridine rings is 1. The molecule has 6 heteroatoms. The Morgan fingerprint density at radius 2 is 2.26 bits per heavy atom. The molecule has 0 radical (unpaired) electrons. The molecule has 0 saturated carbocycles. The number of carbonyl (C=O) groups excluding carboxylic acids is 1. The molecular formula is C17H19ClN2O3. The molecule has 122 valence electrons. The first-order chi connectivity index (χ1) is 10.9. The van der Waals surface area contributed by atoms with Crippen molar-refractivity contribution in [3.63, 3.8) is 0 Å². The summed E-state index contributed by atoms with van der Waals surface area (Å²) in [6, 6.07) is 5.16. The maximum absolute atomic E-state index is 12.7. The van der Waals surface area contributed by atoms with Crippen LogP contribution < -0.4 is 10.7 Å². The third-order valence-corrected chi connectivity index (χ3v) is 4.50. The van der Waals surface area contributed by atoms with Gasteiger partial charge in [-0.15, -0.1) is 0 Å². The minimum atomic E-state index is -0.427. The molecule has 1 N–H and O–H groups in total. The van der Waals surface area contributed by atoms with Crippen LogP contribution in [0.1, 0.15) is 30.6 Å². The Kier molecular flexibility index (Phi) is 4.17. The SMILES string of the molecule is CCn1cc(C(=O)N[C@]2(C)CCOC2)c(=O)c2cc(Cl)ccc21. The Bertz CT molecular complexity index is 822. The van der Waals surface area contributed by atoms with E-state index < -0.39 is 5.54 Å². The zero-order valence-electron chi connectivity index (χ0n) is 13.2. The monoisotopic (exact) mass is 334 g/mol. The number of rotatable bonds is 3. The van der Waals surface area contributed by atoms with Crippen molar-refractivity contribution < 1.29 is 9.53 Å². The molecule has 1 saturated heterocycles. The van der Waals surface area contributed by atoms with Crippen LogP contribution in [0, 0.1) is 0 Å². The lowest BCUT2D eigenvalue weighted by Crippen LogP contribution is -2.47. The number of nitrogens with one attached hydrogen (secondary N) is 1. The van der Waals surface area contributed by atoms with Gasteiger partial charge in [0.05, 0.1) is 17.7 Å². The summed E-state index contributed by atoms with van der Waals surface area (Å²) in [6.07, 6.45) is 2.35. The van der Waals surface area contributed by atoms with Crippen molar-refractivity contribution in [1.82, 2.24) is 9.88 Å². The molecule has 0 spiro atoms. The zero-order chi connectivity index (χ0) is 16.6. The summed E-state index contributed by atoms with van der Waals surface area (Å²) in [7, 11) is 0. The molecule has 23 heavy (non-hydrogen) atoms. The van der Waals surface area contributed by atoms with Crippen LogP contribution in [0.15, 0.2) is 29.2 Å². The van der Waals surface area contributed by atoms with Gasteiger partial charge in [-0.05, 0) is 38.5 Å². The molecule has 2 aromatic rings. The number of carbonyl (C=O) groups is 1. The smallest absolute Gasteiger partial charge is 0.257 e. The van der Waals surface area contributed by atoms with E-state index in [0.29, 0.717) is 30.2 Å². The number of halogens is 1. The Labute approximate surface area is 139 Å². The van der Waals surface area contributed by atoms with E-state index in [-0.39, 0.29) is 16.9 Å². The first-order valence-corrected chi connectivity index (χ1v) is 8.04. The second kappa shape index (κ2) is 5.98. The van der Waals surface area contributed by atoms with Gasteiger partial charge in [0.15, 0.2) is 0 Å². The molecule has 2 heterocycles. The molecule has 0 bridgehead atoms. The topological polar surface area (TPSA) is 60.3 Å². The van der Waals surface area contributed by atoms with Crippen LogP contribution in [-0.2, 0) is 11.3 Å². The first-order valence-electron chi connectivity index (χ1n) is 7.66. The summed E-state index contributed by atoms with van der Waals surface area (Å²) < 4.78 is 7.23. The summed E-state index contributed by atoms with van der Waals surface area (Å²) in [4.78, 5) is 25.3. The lowest BCUT2D eigenvalue weighted by Gasteiger charge is -2.23. The largest absolute Gasteiger partial charge is 0.379 e. The van der Waals surface area contributed by atoms with E-state index in [4.69, 9.17) is 16.3 Å². The normalized spacial score (nSPS) is 20.8. The summed E-state index contributed by atoms with van der Waals surface area (Å²) >= 11 is 6.01. The van der Waals surface area contributed by atoms with E-state index in [1.807, 2.05) is 18.4 Å². The molecular weight excluding hydrogens is 316 g/mol.